The van der Waals surface area contributed by atoms with Crippen molar-refractivity contribution >= 4 is 13.0 Å². The summed E-state index contributed by atoms with van der Waals surface area (Å²) in [6.45, 7) is 0. The maximum Gasteiger partial charge on any atom is 0.672 e. The molecule has 64 valence electrons. The summed E-state index contributed by atoms with van der Waals surface area (Å²) in [4.78, 5) is 8.51. The van der Waals surface area contributed by atoms with E-state index < -0.39 is 7.32 Å². The molecular weight excluding hydrogens is 161 g/mol. The number of hydrogen-bond acceptors (Lipinski definition) is 5. The number of nitrogens with two attached hydrogens (primary N) is 1. The summed E-state index contributed by atoms with van der Waals surface area (Å²) in [5.41, 5.74) is 5.80. The van der Waals surface area contributed by atoms with Crippen molar-refractivity contribution in [1.29, 1.82) is 0 Å². The first kappa shape index (κ1) is 8.86. The lowest BCUT2D eigenvalue weighted by Gasteiger charge is -2.05. The molecule has 0 atom stereocenters. The molecule has 0 aliphatic heterocycles. The normalized spacial score (nSPS) is 9.50. The SMILES string of the molecule is Nc1ccccc1OOB(O)O. The van der Waals surface area contributed by atoms with Gasteiger partial charge in [-0.3, -0.25) is 0 Å². The Bertz CT molecular complexity index is 255. The van der Waals surface area contributed by atoms with Crippen molar-refractivity contribution in [3.8, 4) is 5.75 Å². The Morgan fingerprint density at radius 2 is 1.92 bits per heavy atom. The largest absolute Gasteiger partial charge is 0.672 e. The second kappa shape index (κ2) is 3.96. The van der Waals surface area contributed by atoms with Crippen LogP contribution in [0.4, 0.5) is 5.69 Å². The lowest BCUT2D eigenvalue weighted by Crippen LogP contribution is -2.19. The first-order valence-electron chi connectivity index (χ1n) is 3.24. The average Bonchev–Trinajstić information content (AvgIpc) is 2.03. The minimum absolute atomic E-state index is 0.241. The molecule has 0 spiro atoms. The van der Waals surface area contributed by atoms with Gasteiger partial charge in [0, 0.05) is 0 Å². The number of anilines is 1. The first-order valence-corrected chi connectivity index (χ1v) is 3.24. The van der Waals surface area contributed by atoms with Crippen molar-refractivity contribution in [3.05, 3.63) is 24.3 Å². The van der Waals surface area contributed by atoms with Gasteiger partial charge in [0.15, 0.2) is 5.75 Å². The van der Waals surface area contributed by atoms with E-state index in [0.717, 1.165) is 0 Å². The molecule has 0 amide bonds. The van der Waals surface area contributed by atoms with E-state index in [1.165, 1.54) is 6.07 Å². The molecule has 0 bridgehead atoms. The van der Waals surface area contributed by atoms with Gasteiger partial charge in [-0.25, -0.2) is 0 Å². The van der Waals surface area contributed by atoms with Crippen molar-refractivity contribution in [2.45, 2.75) is 0 Å². The van der Waals surface area contributed by atoms with Crippen LogP contribution in [0.2, 0.25) is 0 Å². The molecule has 0 heterocycles. The molecule has 0 saturated heterocycles. The van der Waals surface area contributed by atoms with E-state index >= 15 is 0 Å². The summed E-state index contributed by atoms with van der Waals surface area (Å²) in [7, 11) is -1.97. The lowest BCUT2D eigenvalue weighted by molar-refractivity contribution is -0.137. The smallest absolute Gasteiger partial charge is 0.400 e. The van der Waals surface area contributed by atoms with E-state index in [1.807, 2.05) is 0 Å². The molecular formula is C6H8BNO4. The minimum atomic E-state index is -1.97. The minimum Gasteiger partial charge on any atom is -0.400 e. The Morgan fingerprint density at radius 3 is 2.50 bits per heavy atom. The molecule has 0 radical (unpaired) electrons. The summed E-state index contributed by atoms with van der Waals surface area (Å²) in [5, 5.41) is 16.5. The molecule has 4 N–H and O–H groups in total. The van der Waals surface area contributed by atoms with Gasteiger partial charge >= 0.3 is 7.32 Å². The molecule has 0 unspecified atom stereocenters. The summed E-state index contributed by atoms with van der Waals surface area (Å²) < 4.78 is 0. The number of nitrogen functional groups attached to an aromatic ring is 1. The van der Waals surface area contributed by atoms with Crippen molar-refractivity contribution in [1.82, 2.24) is 0 Å². The molecule has 0 fully saturated rings. The fourth-order valence-corrected chi connectivity index (χ4v) is 0.651. The van der Waals surface area contributed by atoms with Gasteiger partial charge in [0.2, 0.25) is 0 Å². The van der Waals surface area contributed by atoms with Gasteiger partial charge in [-0.2, -0.15) is 4.81 Å². The number of hydrogen-bond donors (Lipinski definition) is 3. The highest BCUT2D eigenvalue weighted by atomic mass is 17.2. The molecule has 1 rings (SSSR count). The monoisotopic (exact) mass is 169 g/mol. The van der Waals surface area contributed by atoms with Gasteiger partial charge in [-0.05, 0) is 12.1 Å². The molecule has 5 nitrogen and oxygen atoms in total. The fraction of sp³-hybridized carbons (Fsp3) is 0. The van der Waals surface area contributed by atoms with Crippen LogP contribution in [-0.2, 0) is 4.81 Å². The van der Waals surface area contributed by atoms with Gasteiger partial charge in [-0.15, -0.1) is 0 Å². The van der Waals surface area contributed by atoms with E-state index in [9.17, 15) is 0 Å². The van der Waals surface area contributed by atoms with Crippen LogP contribution in [0.1, 0.15) is 0 Å². The molecule has 0 aromatic heterocycles. The maximum atomic E-state index is 8.27. The zero-order chi connectivity index (χ0) is 8.97. The third-order valence-corrected chi connectivity index (χ3v) is 1.14. The van der Waals surface area contributed by atoms with E-state index in [4.69, 9.17) is 15.8 Å². The summed E-state index contributed by atoms with van der Waals surface area (Å²) in [5.74, 6) is 0.241. The highest BCUT2D eigenvalue weighted by Crippen LogP contribution is 2.19. The number of benzene rings is 1. The van der Waals surface area contributed by atoms with Crippen molar-refractivity contribution in [2.24, 2.45) is 0 Å². The van der Waals surface area contributed by atoms with Gasteiger partial charge in [0.05, 0.1) is 5.69 Å². The van der Waals surface area contributed by atoms with Crippen LogP contribution < -0.4 is 10.6 Å². The van der Waals surface area contributed by atoms with Gasteiger partial charge in [0.1, 0.15) is 0 Å². The van der Waals surface area contributed by atoms with Crippen LogP contribution >= 0.6 is 0 Å². The fourth-order valence-electron chi connectivity index (χ4n) is 0.651. The Morgan fingerprint density at radius 1 is 1.25 bits per heavy atom. The second-order valence-electron chi connectivity index (χ2n) is 2.04. The summed E-state index contributed by atoms with van der Waals surface area (Å²) in [6.07, 6.45) is 0. The highest BCUT2D eigenvalue weighted by molar-refractivity contribution is 6.32. The molecule has 0 saturated carbocycles. The van der Waals surface area contributed by atoms with Crippen LogP contribution in [0.25, 0.3) is 0 Å². The second-order valence-corrected chi connectivity index (χ2v) is 2.04. The molecule has 0 aliphatic carbocycles. The highest BCUT2D eigenvalue weighted by Gasteiger charge is 2.11. The van der Waals surface area contributed by atoms with Crippen LogP contribution in [0.5, 0.6) is 5.75 Å². The van der Waals surface area contributed by atoms with Crippen molar-refractivity contribution < 1.29 is 19.7 Å². The predicted octanol–water partition coefficient (Wildman–Crippen LogP) is -0.451. The zero-order valence-corrected chi connectivity index (χ0v) is 6.18. The summed E-state index contributed by atoms with van der Waals surface area (Å²) in [6, 6.07) is 6.54. The quantitative estimate of drug-likeness (QED) is 0.247. The molecule has 12 heavy (non-hydrogen) atoms. The first-order chi connectivity index (χ1) is 5.70. The van der Waals surface area contributed by atoms with Crippen LogP contribution in [0.15, 0.2) is 24.3 Å². The average molecular weight is 169 g/mol. The van der Waals surface area contributed by atoms with Crippen molar-refractivity contribution in [2.75, 3.05) is 5.73 Å². The number of para-hydroxylation sites is 2. The maximum absolute atomic E-state index is 8.27. The Balaban J connectivity index is 2.57. The van der Waals surface area contributed by atoms with Gasteiger partial charge < -0.3 is 20.7 Å². The molecule has 6 heteroatoms. The molecule has 0 aliphatic rings. The molecule has 1 aromatic rings. The van der Waals surface area contributed by atoms with E-state index in [2.05, 4.69) is 9.69 Å². The van der Waals surface area contributed by atoms with Crippen molar-refractivity contribution in [3.63, 3.8) is 0 Å². The third kappa shape index (κ3) is 2.42. The lowest BCUT2D eigenvalue weighted by atomic mass is 10.3. The van der Waals surface area contributed by atoms with E-state index in [1.54, 1.807) is 18.2 Å². The molecule has 1 aromatic carbocycles. The van der Waals surface area contributed by atoms with Crippen LogP contribution in [-0.4, -0.2) is 17.4 Å². The summed E-state index contributed by atoms with van der Waals surface area (Å²) >= 11 is 0. The van der Waals surface area contributed by atoms with E-state index in [0.29, 0.717) is 5.69 Å². The third-order valence-electron chi connectivity index (χ3n) is 1.14. The van der Waals surface area contributed by atoms with Gasteiger partial charge in [-0.1, -0.05) is 12.1 Å². The Kier molecular flexibility index (Phi) is 2.92. The Labute approximate surface area is 69.4 Å². The predicted molar refractivity (Wildman–Crippen MR) is 42.8 cm³/mol. The topological polar surface area (TPSA) is 84.9 Å². The van der Waals surface area contributed by atoms with Gasteiger partial charge in [0.25, 0.3) is 0 Å². The standard InChI is InChI=1S/C6H8BNO4/c8-5-3-1-2-4-6(5)11-12-7(9)10/h1-4,9-10H,8H2. The van der Waals surface area contributed by atoms with Crippen LogP contribution in [0, 0.1) is 0 Å². The number of rotatable bonds is 3. The zero-order valence-electron chi connectivity index (χ0n) is 6.18. The van der Waals surface area contributed by atoms with E-state index in [-0.39, 0.29) is 5.75 Å². The van der Waals surface area contributed by atoms with Crippen LogP contribution in [0.3, 0.4) is 0 Å². The Hall–Kier alpha value is -1.24.